The summed E-state index contributed by atoms with van der Waals surface area (Å²) in [6, 6.07) is 2.94. The van der Waals surface area contributed by atoms with E-state index in [-0.39, 0.29) is 11.6 Å². The van der Waals surface area contributed by atoms with Crippen molar-refractivity contribution in [2.24, 2.45) is 0 Å². The molecule has 2 aromatic rings. The van der Waals surface area contributed by atoms with Gasteiger partial charge in [-0.05, 0) is 6.07 Å². The number of nitrogen functional groups attached to an aromatic ring is 1. The Kier molecular flexibility index (Phi) is 4.77. The van der Waals surface area contributed by atoms with E-state index < -0.39 is 0 Å². The molecule has 0 radical (unpaired) electrons. The summed E-state index contributed by atoms with van der Waals surface area (Å²) in [5.74, 6) is 0. The molecule has 0 spiro atoms. The first-order valence-corrected chi connectivity index (χ1v) is 8.22. The van der Waals surface area contributed by atoms with Crippen molar-refractivity contribution in [3.8, 4) is 0 Å². The van der Waals surface area contributed by atoms with Gasteiger partial charge in [-0.1, -0.05) is 11.6 Å². The van der Waals surface area contributed by atoms with E-state index in [1.807, 2.05) is 0 Å². The van der Waals surface area contributed by atoms with Gasteiger partial charge < -0.3 is 15.0 Å². The van der Waals surface area contributed by atoms with Crippen LogP contribution in [-0.4, -0.2) is 47.3 Å². The lowest BCUT2D eigenvalue weighted by Gasteiger charge is -2.30. The first-order chi connectivity index (χ1) is 10.6. The second kappa shape index (κ2) is 6.78. The van der Waals surface area contributed by atoms with Gasteiger partial charge in [0.2, 0.25) is 0 Å². The number of rotatable bonds is 4. The maximum absolute atomic E-state index is 12.2. The minimum absolute atomic E-state index is 0.0883. The van der Waals surface area contributed by atoms with Crippen molar-refractivity contribution < 1.29 is 4.74 Å². The van der Waals surface area contributed by atoms with E-state index in [1.165, 1.54) is 17.4 Å². The number of halogens is 1. The summed E-state index contributed by atoms with van der Waals surface area (Å²) in [5.41, 5.74) is 5.67. The Hall–Kier alpha value is -1.41. The Morgan fingerprint density at radius 2 is 2.18 bits per heavy atom. The number of nitrogens with zero attached hydrogens (tertiary/aromatic N) is 3. The van der Waals surface area contributed by atoms with Gasteiger partial charge in [-0.15, -0.1) is 11.3 Å². The zero-order valence-electron chi connectivity index (χ0n) is 11.9. The zero-order valence-corrected chi connectivity index (χ0v) is 13.5. The number of aromatic nitrogens is 2. The molecule has 0 bridgehead atoms. The topological polar surface area (TPSA) is 73.4 Å². The van der Waals surface area contributed by atoms with Gasteiger partial charge in [0.1, 0.15) is 0 Å². The largest absolute Gasteiger partial charge is 0.379 e. The fourth-order valence-corrected chi connectivity index (χ4v) is 3.46. The SMILES string of the molecule is Nc1ncc(C(CN2CCOCC2)n2cc(Cl)ccc2=O)s1. The summed E-state index contributed by atoms with van der Waals surface area (Å²) in [4.78, 5) is 19.6. The number of morpholine rings is 1. The van der Waals surface area contributed by atoms with Crippen molar-refractivity contribution in [2.45, 2.75) is 6.04 Å². The summed E-state index contributed by atoms with van der Waals surface area (Å²) in [5, 5.41) is 1.03. The van der Waals surface area contributed by atoms with Gasteiger partial charge in [-0.25, -0.2) is 4.98 Å². The molecular formula is C14H17ClN4O2S. The zero-order chi connectivity index (χ0) is 15.5. The number of hydrogen-bond donors (Lipinski definition) is 1. The number of pyridine rings is 1. The second-order valence-corrected chi connectivity index (χ2v) is 6.65. The molecule has 2 N–H and O–H groups in total. The molecule has 1 atom stereocenters. The third-order valence-corrected chi connectivity index (χ3v) is 4.79. The molecule has 2 aromatic heterocycles. The van der Waals surface area contributed by atoms with Gasteiger partial charge >= 0.3 is 0 Å². The van der Waals surface area contributed by atoms with Crippen molar-refractivity contribution in [1.29, 1.82) is 0 Å². The lowest BCUT2D eigenvalue weighted by atomic mass is 10.2. The molecule has 22 heavy (non-hydrogen) atoms. The van der Waals surface area contributed by atoms with E-state index in [4.69, 9.17) is 22.1 Å². The molecule has 3 rings (SSSR count). The first kappa shape index (κ1) is 15.5. The Labute approximate surface area is 137 Å². The van der Waals surface area contributed by atoms with Crippen molar-refractivity contribution >= 4 is 28.1 Å². The highest BCUT2D eigenvalue weighted by Gasteiger charge is 2.22. The highest BCUT2D eigenvalue weighted by Crippen LogP contribution is 2.26. The smallest absolute Gasteiger partial charge is 0.251 e. The molecule has 1 fully saturated rings. The van der Waals surface area contributed by atoms with Crippen LogP contribution in [0.15, 0.2) is 29.3 Å². The molecule has 1 aliphatic heterocycles. The molecule has 0 aliphatic carbocycles. The van der Waals surface area contributed by atoms with Crippen LogP contribution in [0, 0.1) is 0 Å². The van der Waals surface area contributed by atoms with E-state index in [0.29, 0.717) is 29.9 Å². The Morgan fingerprint density at radius 1 is 1.41 bits per heavy atom. The number of thiazole rings is 1. The summed E-state index contributed by atoms with van der Waals surface area (Å²) in [6.07, 6.45) is 3.41. The third-order valence-electron chi connectivity index (χ3n) is 3.64. The molecule has 1 aliphatic rings. The normalized spacial score (nSPS) is 17.5. The molecule has 118 valence electrons. The molecule has 8 heteroatoms. The van der Waals surface area contributed by atoms with Gasteiger partial charge in [0.25, 0.3) is 5.56 Å². The van der Waals surface area contributed by atoms with Crippen molar-refractivity contribution in [3.63, 3.8) is 0 Å². The summed E-state index contributed by atoms with van der Waals surface area (Å²) in [6.45, 7) is 3.81. The molecule has 0 amide bonds. The van der Waals surface area contributed by atoms with Crippen LogP contribution in [-0.2, 0) is 4.74 Å². The molecule has 3 heterocycles. The molecule has 6 nitrogen and oxygen atoms in total. The number of nitrogens with two attached hydrogens (primary N) is 1. The first-order valence-electron chi connectivity index (χ1n) is 7.02. The Balaban J connectivity index is 1.94. The highest BCUT2D eigenvalue weighted by atomic mass is 35.5. The van der Waals surface area contributed by atoms with Crippen LogP contribution in [0.5, 0.6) is 0 Å². The fourth-order valence-electron chi connectivity index (χ4n) is 2.52. The highest BCUT2D eigenvalue weighted by molar-refractivity contribution is 7.15. The molecule has 1 unspecified atom stereocenters. The van der Waals surface area contributed by atoms with Crippen LogP contribution in [0.3, 0.4) is 0 Å². The van der Waals surface area contributed by atoms with Crippen molar-refractivity contribution in [3.05, 3.63) is 44.8 Å². The number of anilines is 1. The fraction of sp³-hybridized carbons (Fsp3) is 0.429. The second-order valence-electron chi connectivity index (χ2n) is 5.12. The summed E-state index contributed by atoms with van der Waals surface area (Å²) < 4.78 is 7.04. The van der Waals surface area contributed by atoms with E-state index in [1.54, 1.807) is 23.0 Å². The van der Waals surface area contributed by atoms with Gasteiger partial charge in [0, 0.05) is 38.1 Å². The number of hydrogen-bond acceptors (Lipinski definition) is 6. The maximum Gasteiger partial charge on any atom is 0.251 e. The van der Waals surface area contributed by atoms with E-state index in [0.717, 1.165) is 18.0 Å². The lowest BCUT2D eigenvalue weighted by molar-refractivity contribution is 0.0337. The Bertz CT molecular complexity index is 696. The third kappa shape index (κ3) is 3.49. The summed E-state index contributed by atoms with van der Waals surface area (Å²) >= 11 is 7.47. The molecule has 0 saturated carbocycles. The quantitative estimate of drug-likeness (QED) is 0.912. The van der Waals surface area contributed by atoms with Gasteiger partial charge in [0.05, 0.1) is 29.2 Å². The van der Waals surface area contributed by atoms with Crippen LogP contribution in [0.25, 0.3) is 0 Å². The monoisotopic (exact) mass is 340 g/mol. The Morgan fingerprint density at radius 3 is 2.86 bits per heavy atom. The lowest BCUT2D eigenvalue weighted by Crippen LogP contribution is -2.41. The minimum Gasteiger partial charge on any atom is -0.379 e. The summed E-state index contributed by atoms with van der Waals surface area (Å²) in [7, 11) is 0. The molecule has 1 saturated heterocycles. The van der Waals surface area contributed by atoms with E-state index in [9.17, 15) is 4.79 Å². The molecule has 0 aromatic carbocycles. The van der Waals surface area contributed by atoms with Gasteiger partial charge in [-0.2, -0.15) is 0 Å². The van der Waals surface area contributed by atoms with E-state index in [2.05, 4.69) is 9.88 Å². The van der Waals surface area contributed by atoms with Crippen LogP contribution in [0.4, 0.5) is 5.13 Å². The average molecular weight is 341 g/mol. The van der Waals surface area contributed by atoms with E-state index >= 15 is 0 Å². The standard InChI is InChI=1S/C14H17ClN4O2S/c15-10-1-2-13(20)19(8-10)11(12-7-17-14(16)22-12)9-18-3-5-21-6-4-18/h1-2,7-8,11H,3-6,9H2,(H2,16,17). The van der Waals surface area contributed by atoms with Crippen LogP contribution in [0.2, 0.25) is 5.02 Å². The van der Waals surface area contributed by atoms with Crippen molar-refractivity contribution in [1.82, 2.24) is 14.5 Å². The van der Waals surface area contributed by atoms with Crippen LogP contribution in [0.1, 0.15) is 10.9 Å². The molecular weight excluding hydrogens is 324 g/mol. The predicted molar refractivity (Wildman–Crippen MR) is 87.6 cm³/mol. The minimum atomic E-state index is -0.154. The van der Waals surface area contributed by atoms with Gasteiger partial charge in [-0.3, -0.25) is 9.69 Å². The number of ether oxygens (including phenoxy) is 1. The maximum atomic E-state index is 12.2. The van der Waals surface area contributed by atoms with Gasteiger partial charge in [0.15, 0.2) is 5.13 Å². The van der Waals surface area contributed by atoms with Crippen LogP contribution >= 0.6 is 22.9 Å². The van der Waals surface area contributed by atoms with Crippen molar-refractivity contribution in [2.75, 3.05) is 38.6 Å². The average Bonchev–Trinajstić information content (AvgIpc) is 2.95. The predicted octanol–water partition coefficient (Wildman–Crippen LogP) is 1.46. The van der Waals surface area contributed by atoms with Crippen LogP contribution < -0.4 is 11.3 Å².